The van der Waals surface area contributed by atoms with Crippen LogP contribution in [0.3, 0.4) is 0 Å². The highest BCUT2D eigenvalue weighted by atomic mass is 19.1. The van der Waals surface area contributed by atoms with Crippen molar-refractivity contribution in [3.8, 4) is 0 Å². The van der Waals surface area contributed by atoms with Crippen molar-refractivity contribution in [1.29, 1.82) is 0 Å². The number of alkyl carbamates (subject to hydrolysis) is 1. The second kappa shape index (κ2) is 9.35. The van der Waals surface area contributed by atoms with Gasteiger partial charge in [-0.15, -0.1) is 0 Å². The van der Waals surface area contributed by atoms with Crippen LogP contribution in [-0.2, 0) is 9.47 Å². The normalized spacial score (nSPS) is 15.1. The number of hydrogen-bond donors (Lipinski definition) is 2. The van der Waals surface area contributed by atoms with E-state index in [1.54, 1.807) is 32.9 Å². The van der Waals surface area contributed by atoms with Crippen molar-refractivity contribution in [1.82, 2.24) is 5.32 Å². The van der Waals surface area contributed by atoms with E-state index in [1.165, 1.54) is 6.08 Å². The molecule has 0 spiro atoms. The van der Waals surface area contributed by atoms with E-state index in [0.29, 0.717) is 25.1 Å². The van der Waals surface area contributed by atoms with Crippen molar-refractivity contribution in [2.45, 2.75) is 45.6 Å². The van der Waals surface area contributed by atoms with E-state index >= 15 is 0 Å². The van der Waals surface area contributed by atoms with Gasteiger partial charge in [-0.05, 0) is 51.3 Å². The number of aliphatic hydroxyl groups is 1. The van der Waals surface area contributed by atoms with E-state index in [1.807, 2.05) is 0 Å². The molecule has 23 heavy (non-hydrogen) atoms. The topological polar surface area (TPSA) is 67.8 Å². The van der Waals surface area contributed by atoms with Crippen molar-refractivity contribution in [3.05, 3.63) is 35.4 Å². The molecule has 0 aromatic carbocycles. The summed E-state index contributed by atoms with van der Waals surface area (Å²) in [7, 11) is 0. The molecule has 1 aliphatic carbocycles. The molecule has 1 amide bonds. The molecule has 1 rings (SSSR count). The van der Waals surface area contributed by atoms with Crippen LogP contribution < -0.4 is 5.32 Å². The molecule has 0 aromatic rings. The minimum atomic E-state index is -0.524. The summed E-state index contributed by atoms with van der Waals surface area (Å²) in [5, 5.41) is 11.5. The second-order valence-corrected chi connectivity index (χ2v) is 6.18. The summed E-state index contributed by atoms with van der Waals surface area (Å²) >= 11 is 0. The number of carbonyl (C=O) groups excluding carboxylic acids is 1. The minimum absolute atomic E-state index is 0.0965. The van der Waals surface area contributed by atoms with E-state index < -0.39 is 11.7 Å². The summed E-state index contributed by atoms with van der Waals surface area (Å²) in [6, 6.07) is 0. The molecule has 0 bridgehead atoms. The zero-order valence-corrected chi connectivity index (χ0v) is 14.0. The fourth-order valence-corrected chi connectivity index (χ4v) is 1.96. The standard InChI is InChI=1S/C17H26FNO4/c1-17(2,3)23-16(21)19-10-4-5-13-6-7-14(18)8-9-15(13)22-12-11-20/h6-7,9,20H,4-5,8,10-12H2,1-3H3,(H,19,21). The first-order chi connectivity index (χ1) is 10.8. The number of aliphatic hydroxyl groups excluding tert-OH is 1. The zero-order valence-electron chi connectivity index (χ0n) is 14.0. The van der Waals surface area contributed by atoms with Crippen molar-refractivity contribution in [2.75, 3.05) is 19.8 Å². The van der Waals surface area contributed by atoms with E-state index in [-0.39, 0.29) is 25.5 Å². The first-order valence-corrected chi connectivity index (χ1v) is 7.78. The Kier molecular flexibility index (Phi) is 7.81. The Morgan fingerprint density at radius 2 is 2.13 bits per heavy atom. The maximum atomic E-state index is 13.4. The van der Waals surface area contributed by atoms with Crippen LogP contribution in [0.5, 0.6) is 0 Å². The Balaban J connectivity index is 2.45. The molecule has 0 saturated carbocycles. The van der Waals surface area contributed by atoms with Crippen molar-refractivity contribution >= 4 is 6.09 Å². The fraction of sp³-hybridized carbons (Fsp3) is 0.588. The lowest BCUT2D eigenvalue weighted by molar-refractivity contribution is 0.0527. The first kappa shape index (κ1) is 19.2. The maximum Gasteiger partial charge on any atom is 0.407 e. The van der Waals surface area contributed by atoms with Crippen molar-refractivity contribution in [2.24, 2.45) is 0 Å². The molecule has 0 fully saturated rings. The second-order valence-electron chi connectivity index (χ2n) is 6.18. The Hall–Kier alpha value is -1.82. The Bertz CT molecular complexity index is 489. The van der Waals surface area contributed by atoms with Gasteiger partial charge in [-0.3, -0.25) is 0 Å². The monoisotopic (exact) mass is 327 g/mol. The van der Waals surface area contributed by atoms with Gasteiger partial charge in [0, 0.05) is 13.0 Å². The third-order valence-corrected chi connectivity index (χ3v) is 2.90. The third kappa shape index (κ3) is 8.40. The Morgan fingerprint density at radius 3 is 2.78 bits per heavy atom. The molecule has 1 aliphatic rings. The van der Waals surface area contributed by atoms with E-state index in [9.17, 15) is 9.18 Å². The number of halogens is 1. The Morgan fingerprint density at radius 1 is 1.39 bits per heavy atom. The lowest BCUT2D eigenvalue weighted by Crippen LogP contribution is -2.33. The number of rotatable bonds is 7. The molecule has 6 heteroatoms. The maximum absolute atomic E-state index is 13.4. The average molecular weight is 327 g/mol. The summed E-state index contributed by atoms with van der Waals surface area (Å²) in [5.74, 6) is 0.345. The summed E-state index contributed by atoms with van der Waals surface area (Å²) in [6.45, 7) is 5.94. The van der Waals surface area contributed by atoms with E-state index in [0.717, 1.165) is 5.57 Å². The highest BCUT2D eigenvalue weighted by molar-refractivity contribution is 5.67. The van der Waals surface area contributed by atoms with Gasteiger partial charge in [-0.25, -0.2) is 9.18 Å². The highest BCUT2D eigenvalue weighted by Gasteiger charge is 2.16. The van der Waals surface area contributed by atoms with Gasteiger partial charge in [-0.2, -0.15) is 0 Å². The first-order valence-electron chi connectivity index (χ1n) is 7.78. The fourth-order valence-electron chi connectivity index (χ4n) is 1.96. The number of ether oxygens (including phenoxy) is 2. The molecule has 0 aliphatic heterocycles. The van der Waals surface area contributed by atoms with Crippen LogP contribution in [0.1, 0.15) is 40.0 Å². The SMILES string of the molecule is CC(C)(C)OC(=O)NCCCC1=CC=C(F)CC=C1OCCO. The molecule has 130 valence electrons. The molecule has 0 atom stereocenters. The molecule has 0 saturated heterocycles. The van der Waals surface area contributed by atoms with Gasteiger partial charge in [0.2, 0.25) is 0 Å². The molecular weight excluding hydrogens is 301 g/mol. The summed E-state index contributed by atoms with van der Waals surface area (Å²) in [5.41, 5.74) is 0.321. The highest BCUT2D eigenvalue weighted by Crippen LogP contribution is 2.23. The lowest BCUT2D eigenvalue weighted by atomic mass is 10.1. The number of amides is 1. The summed E-state index contributed by atoms with van der Waals surface area (Å²) < 4.78 is 24.0. The minimum Gasteiger partial charge on any atom is -0.491 e. The average Bonchev–Trinajstić information content (AvgIpc) is 2.62. The predicted molar refractivity (Wildman–Crippen MR) is 86.5 cm³/mol. The van der Waals surface area contributed by atoms with Gasteiger partial charge >= 0.3 is 6.09 Å². The van der Waals surface area contributed by atoms with Gasteiger partial charge in [0.15, 0.2) is 0 Å². The molecule has 0 radical (unpaired) electrons. The number of nitrogens with one attached hydrogen (secondary N) is 1. The van der Waals surface area contributed by atoms with Gasteiger partial charge in [0.1, 0.15) is 23.8 Å². The lowest BCUT2D eigenvalue weighted by Gasteiger charge is -2.19. The van der Waals surface area contributed by atoms with Crippen LogP contribution in [-0.4, -0.2) is 36.6 Å². The molecule has 2 N–H and O–H groups in total. The van der Waals surface area contributed by atoms with Crippen LogP contribution >= 0.6 is 0 Å². The number of carbonyl (C=O) groups is 1. The van der Waals surface area contributed by atoms with E-state index in [4.69, 9.17) is 14.6 Å². The van der Waals surface area contributed by atoms with Crippen LogP contribution in [0.25, 0.3) is 0 Å². The van der Waals surface area contributed by atoms with Crippen LogP contribution in [0.15, 0.2) is 35.4 Å². The van der Waals surface area contributed by atoms with Crippen LogP contribution in [0, 0.1) is 0 Å². The van der Waals surface area contributed by atoms with Crippen molar-refractivity contribution < 1.29 is 23.8 Å². The van der Waals surface area contributed by atoms with E-state index in [2.05, 4.69) is 5.32 Å². The van der Waals surface area contributed by atoms with Gasteiger partial charge in [0.25, 0.3) is 0 Å². The number of allylic oxidation sites excluding steroid dienone is 5. The third-order valence-electron chi connectivity index (χ3n) is 2.90. The zero-order chi connectivity index (χ0) is 17.3. The molecular formula is C17H26FNO4. The van der Waals surface area contributed by atoms with Crippen molar-refractivity contribution in [3.63, 3.8) is 0 Å². The largest absolute Gasteiger partial charge is 0.491 e. The summed E-state index contributed by atoms with van der Waals surface area (Å²) in [6.07, 6.45) is 5.78. The molecule has 5 nitrogen and oxygen atoms in total. The molecule has 0 unspecified atom stereocenters. The number of hydrogen-bond acceptors (Lipinski definition) is 4. The van der Waals surface area contributed by atoms with Crippen LogP contribution in [0.4, 0.5) is 9.18 Å². The van der Waals surface area contributed by atoms with Crippen LogP contribution in [0.2, 0.25) is 0 Å². The van der Waals surface area contributed by atoms with Gasteiger partial charge in [0.05, 0.1) is 6.61 Å². The summed E-state index contributed by atoms with van der Waals surface area (Å²) in [4.78, 5) is 11.5. The quantitative estimate of drug-likeness (QED) is 0.704. The van der Waals surface area contributed by atoms with Gasteiger partial charge < -0.3 is 19.9 Å². The molecule has 0 aromatic heterocycles. The smallest absolute Gasteiger partial charge is 0.407 e. The van der Waals surface area contributed by atoms with Gasteiger partial charge in [-0.1, -0.05) is 6.08 Å². The molecule has 0 heterocycles. The Labute approximate surface area is 136 Å². The predicted octanol–water partition coefficient (Wildman–Crippen LogP) is 3.37.